The van der Waals surface area contributed by atoms with Gasteiger partial charge in [0.2, 0.25) is 0 Å². The van der Waals surface area contributed by atoms with Gasteiger partial charge >= 0.3 is 0 Å². The molecule has 0 fully saturated rings. The molecule has 3 rings (SSSR count). The van der Waals surface area contributed by atoms with Crippen molar-refractivity contribution in [3.05, 3.63) is 60.4 Å². The van der Waals surface area contributed by atoms with E-state index in [2.05, 4.69) is 9.97 Å². The van der Waals surface area contributed by atoms with Gasteiger partial charge in [-0.15, -0.1) is 0 Å². The molecule has 0 bridgehead atoms. The minimum Gasteiger partial charge on any atom is -0.506 e. The quantitative estimate of drug-likeness (QED) is 0.385. The summed E-state index contributed by atoms with van der Waals surface area (Å²) in [4.78, 5) is 29.3. The third kappa shape index (κ3) is 2.41. The fourth-order valence-corrected chi connectivity index (χ4v) is 2.69. The minimum absolute atomic E-state index is 0.0859. The first-order chi connectivity index (χ1) is 10.5. The lowest BCUT2D eigenvalue weighted by Crippen LogP contribution is -2.09. The molecule has 7 nitrogen and oxygen atoms in total. The van der Waals surface area contributed by atoms with Crippen LogP contribution in [0.5, 0.6) is 5.75 Å². The van der Waals surface area contributed by atoms with Crippen molar-refractivity contribution in [2.45, 2.75) is 0 Å². The molecule has 0 radical (unpaired) electrons. The Balaban J connectivity index is 2.32. The van der Waals surface area contributed by atoms with Gasteiger partial charge in [0.1, 0.15) is 11.6 Å². The summed E-state index contributed by atoms with van der Waals surface area (Å²) in [5, 5.41) is 21.5. The standard InChI is InChI=1S/C14H8IN3O4/c15-10-6-7(18(21)22)5-9(12(10)19)13-16-11-4-2-1-3-8(11)14(20)17-13/h1-6,19H,(H,16,17,20). The summed E-state index contributed by atoms with van der Waals surface area (Å²) in [5.41, 5.74) is -0.00172. The third-order valence-electron chi connectivity index (χ3n) is 3.13. The van der Waals surface area contributed by atoms with Crippen molar-refractivity contribution in [2.75, 3.05) is 0 Å². The predicted octanol–water partition coefficient (Wildman–Crippen LogP) is 2.81. The first kappa shape index (κ1) is 14.4. The molecule has 1 heterocycles. The second kappa shape index (κ2) is 5.37. The van der Waals surface area contributed by atoms with E-state index in [9.17, 15) is 20.0 Å². The number of phenols is 1. The molecule has 110 valence electrons. The Labute approximate surface area is 136 Å². The van der Waals surface area contributed by atoms with Crippen LogP contribution in [0, 0.1) is 13.7 Å². The Hall–Kier alpha value is -2.49. The van der Waals surface area contributed by atoms with Crippen LogP contribution in [0.25, 0.3) is 22.3 Å². The summed E-state index contributed by atoms with van der Waals surface area (Å²) in [6.45, 7) is 0. The van der Waals surface area contributed by atoms with Gasteiger partial charge in [-0.3, -0.25) is 14.9 Å². The third-order valence-corrected chi connectivity index (χ3v) is 3.95. The van der Waals surface area contributed by atoms with Gasteiger partial charge in [0.25, 0.3) is 11.2 Å². The molecule has 0 aliphatic rings. The van der Waals surface area contributed by atoms with Crippen LogP contribution in [-0.4, -0.2) is 20.0 Å². The van der Waals surface area contributed by atoms with Gasteiger partial charge in [-0.05, 0) is 34.7 Å². The molecule has 2 N–H and O–H groups in total. The second-order valence-corrected chi connectivity index (χ2v) is 5.67. The smallest absolute Gasteiger partial charge is 0.271 e. The number of aromatic nitrogens is 2. The Bertz CT molecular complexity index is 968. The number of hydrogen-bond donors (Lipinski definition) is 2. The molecule has 2 aromatic carbocycles. The number of fused-ring (bicyclic) bond motifs is 1. The number of hydrogen-bond acceptors (Lipinski definition) is 5. The number of benzene rings is 2. The van der Waals surface area contributed by atoms with Gasteiger partial charge in [0.05, 0.1) is 25.0 Å². The number of para-hydroxylation sites is 1. The van der Waals surface area contributed by atoms with Crippen molar-refractivity contribution < 1.29 is 10.0 Å². The van der Waals surface area contributed by atoms with E-state index in [1.54, 1.807) is 46.9 Å². The maximum absolute atomic E-state index is 12.1. The van der Waals surface area contributed by atoms with E-state index < -0.39 is 4.92 Å². The van der Waals surface area contributed by atoms with Gasteiger partial charge in [0.15, 0.2) is 0 Å². The van der Waals surface area contributed by atoms with E-state index in [4.69, 9.17) is 0 Å². The largest absolute Gasteiger partial charge is 0.506 e. The number of nitro groups is 1. The number of aromatic amines is 1. The zero-order chi connectivity index (χ0) is 15.9. The number of phenolic OH excluding ortho intramolecular Hbond substituents is 1. The molecule has 0 saturated heterocycles. The van der Waals surface area contributed by atoms with E-state index in [1.165, 1.54) is 12.1 Å². The Kier molecular flexibility index (Phi) is 3.53. The maximum Gasteiger partial charge on any atom is 0.271 e. The number of halogens is 1. The summed E-state index contributed by atoms with van der Waals surface area (Å²) >= 11 is 1.79. The zero-order valence-electron chi connectivity index (χ0n) is 10.9. The summed E-state index contributed by atoms with van der Waals surface area (Å²) < 4.78 is 0.303. The Morgan fingerprint density at radius 2 is 2.00 bits per heavy atom. The van der Waals surface area contributed by atoms with Crippen LogP contribution >= 0.6 is 22.6 Å². The van der Waals surface area contributed by atoms with Crippen LogP contribution in [0.15, 0.2) is 41.2 Å². The van der Waals surface area contributed by atoms with Crippen molar-refractivity contribution in [3.63, 3.8) is 0 Å². The van der Waals surface area contributed by atoms with E-state index >= 15 is 0 Å². The molecule has 0 aliphatic carbocycles. The van der Waals surface area contributed by atoms with Crippen molar-refractivity contribution in [3.8, 4) is 17.1 Å². The monoisotopic (exact) mass is 409 g/mol. The first-order valence-electron chi connectivity index (χ1n) is 6.13. The van der Waals surface area contributed by atoms with Gasteiger partial charge < -0.3 is 10.1 Å². The highest BCUT2D eigenvalue weighted by atomic mass is 127. The maximum atomic E-state index is 12.1. The van der Waals surface area contributed by atoms with Crippen LogP contribution in [0.3, 0.4) is 0 Å². The summed E-state index contributed by atoms with van der Waals surface area (Å²) in [6.07, 6.45) is 0. The number of nitro benzene ring substituents is 1. The highest BCUT2D eigenvalue weighted by Gasteiger charge is 2.18. The SMILES string of the molecule is O=c1[nH]c(-c2cc([N+](=O)[O-])cc(I)c2O)nc2ccccc12. The molecule has 0 aliphatic heterocycles. The molecule has 0 spiro atoms. The number of H-pyrrole nitrogens is 1. The fraction of sp³-hybridized carbons (Fsp3) is 0. The zero-order valence-corrected chi connectivity index (χ0v) is 13.1. The highest BCUT2D eigenvalue weighted by molar-refractivity contribution is 14.1. The molecule has 3 aromatic rings. The van der Waals surface area contributed by atoms with Gasteiger partial charge in [-0.25, -0.2) is 4.98 Å². The van der Waals surface area contributed by atoms with Gasteiger partial charge in [0, 0.05) is 12.1 Å². The number of aromatic hydroxyl groups is 1. The Morgan fingerprint density at radius 1 is 1.27 bits per heavy atom. The van der Waals surface area contributed by atoms with Crippen LogP contribution in [-0.2, 0) is 0 Å². The molecule has 0 unspecified atom stereocenters. The summed E-state index contributed by atoms with van der Waals surface area (Å²) in [7, 11) is 0. The van der Waals surface area contributed by atoms with Crippen LogP contribution in [0.4, 0.5) is 5.69 Å². The van der Waals surface area contributed by atoms with E-state index in [0.717, 1.165) is 0 Å². The summed E-state index contributed by atoms with van der Waals surface area (Å²) in [6, 6.07) is 9.17. The average Bonchev–Trinajstić information content (AvgIpc) is 2.49. The molecule has 0 saturated carbocycles. The lowest BCUT2D eigenvalue weighted by molar-refractivity contribution is -0.384. The average molecular weight is 409 g/mol. The second-order valence-electron chi connectivity index (χ2n) is 4.51. The predicted molar refractivity (Wildman–Crippen MR) is 88.8 cm³/mol. The van der Waals surface area contributed by atoms with Crippen molar-refractivity contribution in [2.24, 2.45) is 0 Å². The van der Waals surface area contributed by atoms with Crippen molar-refractivity contribution in [1.82, 2.24) is 9.97 Å². The lowest BCUT2D eigenvalue weighted by Gasteiger charge is -2.07. The molecule has 22 heavy (non-hydrogen) atoms. The topological polar surface area (TPSA) is 109 Å². The van der Waals surface area contributed by atoms with E-state index in [1.807, 2.05) is 0 Å². The fourth-order valence-electron chi connectivity index (χ4n) is 2.08. The van der Waals surface area contributed by atoms with E-state index in [-0.39, 0.29) is 28.4 Å². The Morgan fingerprint density at radius 3 is 2.73 bits per heavy atom. The summed E-state index contributed by atoms with van der Waals surface area (Å²) in [5.74, 6) is -0.0764. The molecular weight excluding hydrogens is 401 g/mol. The normalized spacial score (nSPS) is 10.8. The molecule has 8 heteroatoms. The van der Waals surface area contributed by atoms with Crippen molar-refractivity contribution in [1.29, 1.82) is 0 Å². The number of nitrogens with zero attached hydrogens (tertiary/aromatic N) is 2. The molecule has 0 atom stereocenters. The molecular formula is C14H8IN3O4. The number of nitrogens with one attached hydrogen (secondary N) is 1. The molecule has 0 amide bonds. The van der Waals surface area contributed by atoms with E-state index in [0.29, 0.717) is 14.5 Å². The lowest BCUT2D eigenvalue weighted by atomic mass is 10.1. The van der Waals surface area contributed by atoms with Gasteiger partial charge in [-0.2, -0.15) is 0 Å². The molecule has 1 aromatic heterocycles. The first-order valence-corrected chi connectivity index (χ1v) is 7.21. The van der Waals surface area contributed by atoms with Gasteiger partial charge in [-0.1, -0.05) is 12.1 Å². The van der Waals surface area contributed by atoms with Crippen LogP contribution in [0.2, 0.25) is 0 Å². The van der Waals surface area contributed by atoms with Crippen LogP contribution in [0.1, 0.15) is 0 Å². The highest BCUT2D eigenvalue weighted by Crippen LogP contribution is 2.35. The van der Waals surface area contributed by atoms with Crippen LogP contribution < -0.4 is 5.56 Å². The number of non-ortho nitro benzene ring substituents is 1. The van der Waals surface area contributed by atoms with Crippen molar-refractivity contribution >= 4 is 39.2 Å². The number of rotatable bonds is 2. The minimum atomic E-state index is -0.565.